The lowest BCUT2D eigenvalue weighted by atomic mass is 10.2. The Kier molecular flexibility index (Phi) is 6.39. The van der Waals surface area contributed by atoms with Gasteiger partial charge in [-0.1, -0.05) is 22.9 Å². The number of nitrogens with two attached hydrogens (primary N) is 1. The van der Waals surface area contributed by atoms with E-state index in [4.69, 9.17) is 22.1 Å². The minimum atomic E-state index is -0.615. The molecule has 0 aliphatic heterocycles. The second-order valence-electron chi connectivity index (χ2n) is 5.24. The molecule has 0 unspecified atom stereocenters. The number of rotatable bonds is 6. The first-order valence-corrected chi connectivity index (χ1v) is 8.66. The van der Waals surface area contributed by atoms with Crippen molar-refractivity contribution in [3.8, 4) is 0 Å². The lowest BCUT2D eigenvalue weighted by molar-refractivity contribution is 0.0521. The van der Waals surface area contributed by atoms with Crippen molar-refractivity contribution in [1.29, 1.82) is 0 Å². The number of aromatic amines is 1. The standard InChI is InChI=1S/C14H16ClN5O3S.ClH/c1-2-23-14(22)11-13(24-7(5-16)17-11)18-12(21)10-8(15)9(19-20-10)6-3-4-6;/h6H,2-5,16H2,1H3,(H,18,21)(H,19,20);1H. The van der Waals surface area contributed by atoms with E-state index in [-0.39, 0.29) is 41.9 Å². The molecule has 1 aliphatic rings. The predicted molar refractivity (Wildman–Crippen MR) is 96.7 cm³/mol. The molecule has 136 valence electrons. The zero-order valence-electron chi connectivity index (χ0n) is 13.3. The number of halogens is 2. The van der Waals surface area contributed by atoms with Crippen LogP contribution in [0.3, 0.4) is 0 Å². The van der Waals surface area contributed by atoms with Gasteiger partial charge in [0.1, 0.15) is 10.0 Å². The minimum absolute atomic E-state index is 0. The predicted octanol–water partition coefficient (Wildman–Crippen LogP) is 2.71. The molecule has 0 bridgehead atoms. The Morgan fingerprint density at radius 3 is 2.76 bits per heavy atom. The van der Waals surface area contributed by atoms with Crippen LogP contribution in [0.4, 0.5) is 5.00 Å². The van der Waals surface area contributed by atoms with Gasteiger partial charge in [0, 0.05) is 12.5 Å². The topological polar surface area (TPSA) is 123 Å². The van der Waals surface area contributed by atoms with E-state index in [0.717, 1.165) is 29.9 Å². The second kappa shape index (κ2) is 8.13. The summed E-state index contributed by atoms with van der Waals surface area (Å²) in [7, 11) is 0. The van der Waals surface area contributed by atoms with E-state index in [2.05, 4.69) is 20.5 Å². The number of esters is 1. The first kappa shape index (κ1) is 19.6. The number of aromatic nitrogens is 3. The first-order valence-electron chi connectivity index (χ1n) is 7.47. The maximum atomic E-state index is 12.4. The number of amides is 1. The molecule has 0 radical (unpaired) electrons. The van der Waals surface area contributed by atoms with Crippen LogP contribution >= 0.6 is 35.3 Å². The van der Waals surface area contributed by atoms with Gasteiger partial charge in [0.25, 0.3) is 5.91 Å². The number of thiazole rings is 1. The van der Waals surface area contributed by atoms with E-state index in [0.29, 0.717) is 15.9 Å². The Hall–Kier alpha value is -1.68. The van der Waals surface area contributed by atoms with Gasteiger partial charge in [-0.3, -0.25) is 9.89 Å². The smallest absolute Gasteiger partial charge is 0.360 e. The normalized spacial score (nSPS) is 13.2. The van der Waals surface area contributed by atoms with Crippen LogP contribution in [0, 0.1) is 0 Å². The molecule has 1 amide bonds. The van der Waals surface area contributed by atoms with Gasteiger partial charge in [0.05, 0.1) is 17.3 Å². The van der Waals surface area contributed by atoms with Crippen LogP contribution in [0.2, 0.25) is 5.02 Å². The third-order valence-corrected chi connectivity index (χ3v) is 4.85. The van der Waals surface area contributed by atoms with Crippen LogP contribution in [0.1, 0.15) is 57.4 Å². The van der Waals surface area contributed by atoms with Crippen molar-refractivity contribution < 1.29 is 14.3 Å². The Labute approximate surface area is 158 Å². The van der Waals surface area contributed by atoms with Gasteiger partial charge in [-0.25, -0.2) is 9.78 Å². The van der Waals surface area contributed by atoms with Gasteiger partial charge in [-0.2, -0.15) is 5.10 Å². The van der Waals surface area contributed by atoms with Gasteiger partial charge in [-0.15, -0.1) is 12.4 Å². The molecule has 3 rings (SSSR count). The van der Waals surface area contributed by atoms with Crippen molar-refractivity contribution in [2.24, 2.45) is 5.73 Å². The van der Waals surface area contributed by atoms with Crippen molar-refractivity contribution in [1.82, 2.24) is 15.2 Å². The summed E-state index contributed by atoms with van der Waals surface area (Å²) in [4.78, 5) is 28.5. The fraction of sp³-hybridized carbons (Fsp3) is 0.429. The zero-order chi connectivity index (χ0) is 17.3. The van der Waals surface area contributed by atoms with Crippen LogP contribution in [0.15, 0.2) is 0 Å². The molecule has 0 saturated heterocycles. The number of carbonyl (C=O) groups excluding carboxylic acids is 2. The van der Waals surface area contributed by atoms with Crippen LogP contribution < -0.4 is 11.1 Å². The van der Waals surface area contributed by atoms with Crippen LogP contribution in [0.25, 0.3) is 0 Å². The Morgan fingerprint density at radius 2 is 2.16 bits per heavy atom. The number of hydrogen-bond acceptors (Lipinski definition) is 7. The molecule has 0 atom stereocenters. The molecule has 25 heavy (non-hydrogen) atoms. The molecular formula is C14H17Cl2N5O3S. The van der Waals surface area contributed by atoms with E-state index in [1.807, 2.05) is 0 Å². The Balaban J connectivity index is 0.00000225. The fourth-order valence-electron chi connectivity index (χ4n) is 2.17. The quantitative estimate of drug-likeness (QED) is 0.634. The van der Waals surface area contributed by atoms with Crippen LogP contribution in [-0.4, -0.2) is 33.7 Å². The lowest BCUT2D eigenvalue weighted by Gasteiger charge is -2.03. The van der Waals surface area contributed by atoms with Crippen molar-refractivity contribution in [2.45, 2.75) is 32.2 Å². The van der Waals surface area contributed by atoms with Gasteiger partial charge in [-0.05, 0) is 19.8 Å². The van der Waals surface area contributed by atoms with Crippen molar-refractivity contribution in [3.05, 3.63) is 27.1 Å². The number of hydrogen-bond donors (Lipinski definition) is 3. The maximum Gasteiger partial charge on any atom is 0.360 e. The highest BCUT2D eigenvalue weighted by Gasteiger charge is 2.31. The lowest BCUT2D eigenvalue weighted by Crippen LogP contribution is -2.15. The molecule has 1 aliphatic carbocycles. The van der Waals surface area contributed by atoms with Crippen LogP contribution in [-0.2, 0) is 11.3 Å². The maximum absolute atomic E-state index is 12.4. The zero-order valence-corrected chi connectivity index (χ0v) is 15.7. The molecule has 0 spiro atoms. The van der Waals surface area contributed by atoms with Crippen LogP contribution in [0.5, 0.6) is 0 Å². The Morgan fingerprint density at radius 1 is 1.44 bits per heavy atom. The van der Waals surface area contributed by atoms with Crippen molar-refractivity contribution in [3.63, 3.8) is 0 Å². The molecule has 8 nitrogen and oxygen atoms in total. The fourth-order valence-corrected chi connectivity index (χ4v) is 3.32. The molecule has 4 N–H and O–H groups in total. The van der Waals surface area contributed by atoms with E-state index in [1.165, 1.54) is 0 Å². The molecule has 2 aromatic heterocycles. The summed E-state index contributed by atoms with van der Waals surface area (Å²) < 4.78 is 4.95. The molecular weight excluding hydrogens is 389 g/mol. The van der Waals surface area contributed by atoms with Gasteiger partial charge >= 0.3 is 5.97 Å². The number of nitrogens with zero attached hydrogens (tertiary/aromatic N) is 2. The largest absolute Gasteiger partial charge is 0.461 e. The summed E-state index contributed by atoms with van der Waals surface area (Å²) in [5.41, 5.74) is 6.46. The summed E-state index contributed by atoms with van der Waals surface area (Å²) in [6.45, 7) is 2.05. The summed E-state index contributed by atoms with van der Waals surface area (Å²) in [6, 6.07) is 0. The first-order chi connectivity index (χ1) is 11.5. The Bertz CT molecular complexity index is 788. The van der Waals surface area contributed by atoms with E-state index >= 15 is 0 Å². The van der Waals surface area contributed by atoms with E-state index in [1.54, 1.807) is 6.92 Å². The van der Waals surface area contributed by atoms with Gasteiger partial charge in [0.15, 0.2) is 11.4 Å². The highest BCUT2D eigenvalue weighted by molar-refractivity contribution is 7.16. The van der Waals surface area contributed by atoms with Gasteiger partial charge < -0.3 is 15.8 Å². The van der Waals surface area contributed by atoms with Gasteiger partial charge in [0.2, 0.25) is 0 Å². The number of carbonyl (C=O) groups is 2. The van der Waals surface area contributed by atoms with Crippen molar-refractivity contribution >= 4 is 52.2 Å². The van der Waals surface area contributed by atoms with E-state index < -0.39 is 11.9 Å². The third kappa shape index (κ3) is 4.12. The summed E-state index contributed by atoms with van der Waals surface area (Å²) in [5.74, 6) is -0.787. The number of anilines is 1. The SMILES string of the molecule is CCOC(=O)c1nc(CN)sc1NC(=O)c1n[nH]c(C2CC2)c1Cl.Cl. The summed E-state index contributed by atoms with van der Waals surface area (Å²) >= 11 is 7.34. The second-order valence-corrected chi connectivity index (χ2v) is 6.70. The molecule has 1 fully saturated rings. The number of ether oxygens (including phenoxy) is 1. The average molecular weight is 406 g/mol. The molecule has 2 aromatic rings. The minimum Gasteiger partial charge on any atom is -0.461 e. The third-order valence-electron chi connectivity index (χ3n) is 3.48. The highest BCUT2D eigenvalue weighted by Crippen LogP contribution is 2.42. The molecule has 0 aromatic carbocycles. The molecule has 1 saturated carbocycles. The summed E-state index contributed by atoms with van der Waals surface area (Å²) in [6.07, 6.45) is 2.06. The molecule has 11 heteroatoms. The number of H-pyrrole nitrogens is 1. The van der Waals surface area contributed by atoms with Crippen molar-refractivity contribution in [2.75, 3.05) is 11.9 Å². The average Bonchev–Trinajstić information content (AvgIpc) is 3.20. The monoisotopic (exact) mass is 405 g/mol. The number of nitrogens with one attached hydrogen (secondary N) is 2. The summed E-state index contributed by atoms with van der Waals surface area (Å²) in [5, 5.41) is 10.5. The highest BCUT2D eigenvalue weighted by atomic mass is 35.5. The van der Waals surface area contributed by atoms with E-state index in [9.17, 15) is 9.59 Å². The molecule has 2 heterocycles.